The molecule has 5 heteroatoms. The van der Waals surface area contributed by atoms with Gasteiger partial charge in [0.25, 0.3) is 0 Å². The molecule has 1 fully saturated rings. The van der Waals surface area contributed by atoms with Crippen LogP contribution in [-0.2, 0) is 16.4 Å². The highest BCUT2D eigenvalue weighted by Crippen LogP contribution is 2.13. The Bertz CT molecular complexity index is 459. The van der Waals surface area contributed by atoms with Gasteiger partial charge in [-0.25, -0.2) is 13.1 Å². The summed E-state index contributed by atoms with van der Waals surface area (Å²) in [6, 6.07) is 10.3. The van der Waals surface area contributed by atoms with Crippen LogP contribution in [0.15, 0.2) is 30.3 Å². The minimum atomic E-state index is -3.12. The van der Waals surface area contributed by atoms with E-state index in [9.17, 15) is 8.42 Å². The molecule has 94 valence electrons. The van der Waals surface area contributed by atoms with Gasteiger partial charge in [0.2, 0.25) is 10.0 Å². The lowest BCUT2D eigenvalue weighted by Gasteiger charge is -2.19. The first-order valence-corrected chi connectivity index (χ1v) is 7.68. The zero-order chi connectivity index (χ0) is 12.3. The molecule has 1 saturated heterocycles. The van der Waals surface area contributed by atoms with Crippen LogP contribution in [0.1, 0.15) is 12.0 Å². The van der Waals surface area contributed by atoms with E-state index in [4.69, 9.17) is 0 Å². The van der Waals surface area contributed by atoms with E-state index >= 15 is 0 Å². The van der Waals surface area contributed by atoms with Crippen molar-refractivity contribution in [3.63, 3.8) is 0 Å². The van der Waals surface area contributed by atoms with Crippen molar-refractivity contribution >= 4 is 10.0 Å². The summed E-state index contributed by atoms with van der Waals surface area (Å²) >= 11 is 0. The Hall–Kier alpha value is -0.910. The zero-order valence-corrected chi connectivity index (χ0v) is 10.7. The molecule has 0 bridgehead atoms. The summed E-state index contributed by atoms with van der Waals surface area (Å²) in [6.07, 6.45) is 2.92. The lowest BCUT2D eigenvalue weighted by atomic mass is 10.0. The molecule has 4 nitrogen and oxygen atoms in total. The van der Waals surface area contributed by atoms with E-state index in [0.717, 1.165) is 19.4 Å². The molecule has 0 amide bonds. The number of rotatable bonds is 4. The molecule has 1 aliphatic heterocycles. The molecule has 2 rings (SSSR count). The van der Waals surface area contributed by atoms with Gasteiger partial charge in [-0.1, -0.05) is 30.3 Å². The van der Waals surface area contributed by atoms with Crippen molar-refractivity contribution in [3.8, 4) is 0 Å². The molecule has 0 radical (unpaired) electrons. The van der Waals surface area contributed by atoms with Crippen LogP contribution in [0.5, 0.6) is 0 Å². The average molecular weight is 254 g/mol. The molecule has 0 aliphatic carbocycles. The van der Waals surface area contributed by atoms with E-state index in [0.29, 0.717) is 0 Å². The van der Waals surface area contributed by atoms with Crippen molar-refractivity contribution in [3.05, 3.63) is 35.9 Å². The van der Waals surface area contributed by atoms with Crippen LogP contribution in [0.25, 0.3) is 0 Å². The molecule has 0 aromatic heterocycles. The number of benzene rings is 1. The maximum absolute atomic E-state index is 11.2. The lowest BCUT2D eigenvalue weighted by molar-refractivity contribution is 0.494. The van der Waals surface area contributed by atoms with Crippen molar-refractivity contribution in [1.29, 1.82) is 0 Å². The average Bonchev–Trinajstić information content (AvgIpc) is 2.65. The summed E-state index contributed by atoms with van der Waals surface area (Å²) in [6.45, 7) is 0.866. The highest BCUT2D eigenvalue weighted by molar-refractivity contribution is 7.88. The predicted molar refractivity (Wildman–Crippen MR) is 68.3 cm³/mol. The van der Waals surface area contributed by atoms with Crippen molar-refractivity contribution in [2.75, 3.05) is 12.8 Å². The van der Waals surface area contributed by atoms with Gasteiger partial charge in [-0.2, -0.15) is 0 Å². The Labute approximate surface area is 102 Å². The van der Waals surface area contributed by atoms with Gasteiger partial charge in [0.05, 0.1) is 6.26 Å². The molecule has 2 atom stereocenters. The Morgan fingerprint density at radius 3 is 2.71 bits per heavy atom. The van der Waals surface area contributed by atoms with Crippen LogP contribution >= 0.6 is 0 Å². The van der Waals surface area contributed by atoms with Gasteiger partial charge in [-0.05, 0) is 24.9 Å². The Balaban J connectivity index is 2.01. The summed E-state index contributed by atoms with van der Waals surface area (Å²) in [5, 5.41) is 3.35. The van der Waals surface area contributed by atoms with E-state index in [2.05, 4.69) is 22.2 Å². The van der Waals surface area contributed by atoms with E-state index in [1.165, 1.54) is 11.8 Å². The summed E-state index contributed by atoms with van der Waals surface area (Å²) in [7, 11) is -3.12. The highest BCUT2D eigenvalue weighted by Gasteiger charge is 2.28. The molecular weight excluding hydrogens is 236 g/mol. The minimum Gasteiger partial charge on any atom is -0.312 e. The normalized spacial score (nSPS) is 25.0. The third kappa shape index (κ3) is 3.80. The van der Waals surface area contributed by atoms with Gasteiger partial charge in [0.15, 0.2) is 0 Å². The Morgan fingerprint density at radius 2 is 2.06 bits per heavy atom. The highest BCUT2D eigenvalue weighted by atomic mass is 32.2. The number of hydrogen-bond acceptors (Lipinski definition) is 3. The maximum atomic E-state index is 11.2. The quantitative estimate of drug-likeness (QED) is 0.823. The van der Waals surface area contributed by atoms with Gasteiger partial charge in [-0.15, -0.1) is 0 Å². The second-order valence-electron chi connectivity index (χ2n) is 4.54. The largest absolute Gasteiger partial charge is 0.312 e. The summed E-state index contributed by atoms with van der Waals surface area (Å²) in [4.78, 5) is 0. The van der Waals surface area contributed by atoms with Crippen LogP contribution in [-0.4, -0.2) is 33.3 Å². The fourth-order valence-electron chi connectivity index (χ4n) is 2.27. The topological polar surface area (TPSA) is 58.2 Å². The molecule has 1 aromatic carbocycles. The zero-order valence-electron chi connectivity index (χ0n) is 9.89. The molecule has 1 unspecified atom stereocenters. The molecule has 0 saturated carbocycles. The van der Waals surface area contributed by atoms with E-state index in [1.807, 2.05) is 18.2 Å². The molecular formula is C12H18N2O2S. The number of nitrogens with one attached hydrogen (secondary N) is 2. The smallest absolute Gasteiger partial charge is 0.209 e. The SMILES string of the molecule is CS(=O)(=O)NC1CCN[C@H]1Cc1ccccc1. The summed E-state index contributed by atoms with van der Waals surface area (Å²) in [5.41, 5.74) is 1.23. The van der Waals surface area contributed by atoms with Crippen LogP contribution in [0, 0.1) is 0 Å². The van der Waals surface area contributed by atoms with Crippen molar-refractivity contribution in [1.82, 2.24) is 10.0 Å². The molecule has 0 spiro atoms. The third-order valence-electron chi connectivity index (χ3n) is 3.01. The monoisotopic (exact) mass is 254 g/mol. The Morgan fingerprint density at radius 1 is 1.35 bits per heavy atom. The summed E-state index contributed by atoms with van der Waals surface area (Å²) in [5.74, 6) is 0. The maximum Gasteiger partial charge on any atom is 0.209 e. The van der Waals surface area contributed by atoms with Gasteiger partial charge < -0.3 is 5.32 Å². The van der Waals surface area contributed by atoms with E-state index in [1.54, 1.807) is 0 Å². The van der Waals surface area contributed by atoms with Crippen LogP contribution in [0.3, 0.4) is 0 Å². The fourth-order valence-corrected chi connectivity index (χ4v) is 3.10. The van der Waals surface area contributed by atoms with E-state index < -0.39 is 10.0 Å². The summed E-state index contributed by atoms with van der Waals surface area (Å²) < 4.78 is 25.2. The number of sulfonamides is 1. The minimum absolute atomic E-state index is 0.00482. The molecule has 1 aromatic rings. The molecule has 17 heavy (non-hydrogen) atoms. The molecule has 1 heterocycles. The Kier molecular flexibility index (Phi) is 3.81. The van der Waals surface area contributed by atoms with Crippen molar-refractivity contribution < 1.29 is 8.42 Å². The van der Waals surface area contributed by atoms with Crippen LogP contribution in [0.4, 0.5) is 0 Å². The first kappa shape index (κ1) is 12.5. The first-order valence-electron chi connectivity index (χ1n) is 5.79. The second kappa shape index (κ2) is 5.16. The van der Waals surface area contributed by atoms with Gasteiger partial charge >= 0.3 is 0 Å². The molecule has 2 N–H and O–H groups in total. The lowest BCUT2D eigenvalue weighted by Crippen LogP contribution is -2.44. The van der Waals surface area contributed by atoms with Crippen LogP contribution in [0.2, 0.25) is 0 Å². The van der Waals surface area contributed by atoms with Crippen molar-refractivity contribution in [2.45, 2.75) is 24.9 Å². The van der Waals surface area contributed by atoms with Gasteiger partial charge in [0.1, 0.15) is 0 Å². The van der Waals surface area contributed by atoms with Crippen LogP contribution < -0.4 is 10.0 Å². The standard InChI is InChI=1S/C12H18N2O2S/c1-17(15,16)14-11-7-8-13-12(11)9-10-5-3-2-4-6-10/h2-6,11-14H,7-9H2,1H3/t11?,12-/m0/s1. The van der Waals surface area contributed by atoms with Crippen molar-refractivity contribution in [2.24, 2.45) is 0 Å². The van der Waals surface area contributed by atoms with Gasteiger partial charge in [0, 0.05) is 12.1 Å². The number of hydrogen-bond donors (Lipinski definition) is 2. The predicted octanol–water partition coefficient (Wildman–Crippen LogP) is 0.509. The fraction of sp³-hybridized carbons (Fsp3) is 0.500. The second-order valence-corrected chi connectivity index (χ2v) is 6.32. The molecule has 1 aliphatic rings. The third-order valence-corrected chi connectivity index (χ3v) is 3.74. The van der Waals surface area contributed by atoms with E-state index in [-0.39, 0.29) is 12.1 Å². The first-order chi connectivity index (χ1) is 8.04. The van der Waals surface area contributed by atoms with Gasteiger partial charge in [-0.3, -0.25) is 0 Å².